The number of anilines is 1. The number of halogens is 3. The number of fused-ring (bicyclic) bond motifs is 1. The Morgan fingerprint density at radius 3 is 2.50 bits per heavy atom. The van der Waals surface area contributed by atoms with Crippen LogP contribution in [0.15, 0.2) is 30.5 Å². The number of nitrogens with zero attached hydrogens (tertiary/aromatic N) is 3. The van der Waals surface area contributed by atoms with Gasteiger partial charge in [-0.15, -0.1) is 0 Å². The van der Waals surface area contributed by atoms with E-state index in [1.54, 1.807) is 6.20 Å². The number of ether oxygens (including phenoxy) is 1. The molecular weight excluding hydrogens is 343 g/mol. The van der Waals surface area contributed by atoms with Crippen molar-refractivity contribution in [1.82, 2.24) is 9.88 Å². The third kappa shape index (κ3) is 4.45. The lowest BCUT2D eigenvalue weighted by Crippen LogP contribution is -2.47. The van der Waals surface area contributed by atoms with E-state index in [1.807, 2.05) is 19.9 Å². The standard InChI is InChI=1S/C19H24F3N3O/c1-14(2)26-12-11-24-7-9-25(10-8-24)18-5-6-23-17-13-15(19(20,21)22)3-4-16(17)18/h3-6,13-14H,7-12H2,1-2H3. The molecule has 2 aromatic rings. The Hall–Kier alpha value is -1.86. The third-order valence-corrected chi connectivity index (χ3v) is 4.62. The maximum atomic E-state index is 12.9. The highest BCUT2D eigenvalue weighted by molar-refractivity contribution is 5.92. The molecule has 142 valence electrons. The molecule has 1 aliphatic heterocycles. The van der Waals surface area contributed by atoms with Crippen molar-refractivity contribution in [2.24, 2.45) is 0 Å². The van der Waals surface area contributed by atoms with Gasteiger partial charge in [0, 0.05) is 50.0 Å². The number of benzene rings is 1. The van der Waals surface area contributed by atoms with Gasteiger partial charge in [0.15, 0.2) is 0 Å². The van der Waals surface area contributed by atoms with Gasteiger partial charge in [-0.3, -0.25) is 9.88 Å². The van der Waals surface area contributed by atoms with Gasteiger partial charge in [0.25, 0.3) is 0 Å². The predicted molar refractivity (Wildman–Crippen MR) is 96.5 cm³/mol. The molecule has 0 saturated carbocycles. The fourth-order valence-corrected chi connectivity index (χ4v) is 3.21. The molecule has 0 aliphatic carbocycles. The molecular formula is C19H24F3N3O. The average molecular weight is 367 g/mol. The molecule has 1 aromatic heterocycles. The minimum Gasteiger partial charge on any atom is -0.377 e. The van der Waals surface area contributed by atoms with Gasteiger partial charge in [0.1, 0.15) is 0 Å². The molecule has 1 fully saturated rings. The number of alkyl halides is 3. The van der Waals surface area contributed by atoms with Crippen molar-refractivity contribution >= 4 is 16.6 Å². The Morgan fingerprint density at radius 1 is 1.12 bits per heavy atom. The van der Waals surface area contributed by atoms with Crippen molar-refractivity contribution in [1.29, 1.82) is 0 Å². The van der Waals surface area contributed by atoms with Gasteiger partial charge in [0.05, 0.1) is 23.8 Å². The van der Waals surface area contributed by atoms with E-state index in [0.29, 0.717) is 5.52 Å². The number of hydrogen-bond acceptors (Lipinski definition) is 4. The molecule has 2 heterocycles. The highest BCUT2D eigenvalue weighted by atomic mass is 19.4. The summed E-state index contributed by atoms with van der Waals surface area (Å²) in [6.45, 7) is 9.16. The van der Waals surface area contributed by atoms with E-state index in [2.05, 4.69) is 14.8 Å². The quantitative estimate of drug-likeness (QED) is 0.804. The summed E-state index contributed by atoms with van der Waals surface area (Å²) in [7, 11) is 0. The van der Waals surface area contributed by atoms with Crippen LogP contribution < -0.4 is 4.90 Å². The molecule has 0 amide bonds. The minimum atomic E-state index is -4.35. The molecule has 26 heavy (non-hydrogen) atoms. The van der Waals surface area contributed by atoms with Crippen molar-refractivity contribution in [3.63, 3.8) is 0 Å². The number of piperazine rings is 1. The Kier molecular flexibility index (Phi) is 5.67. The van der Waals surface area contributed by atoms with Crippen LogP contribution in [0.5, 0.6) is 0 Å². The summed E-state index contributed by atoms with van der Waals surface area (Å²) < 4.78 is 44.3. The Morgan fingerprint density at radius 2 is 1.85 bits per heavy atom. The van der Waals surface area contributed by atoms with Crippen LogP contribution in [0.4, 0.5) is 18.9 Å². The van der Waals surface area contributed by atoms with Gasteiger partial charge in [0.2, 0.25) is 0 Å². The molecule has 1 aromatic carbocycles. The summed E-state index contributed by atoms with van der Waals surface area (Å²) >= 11 is 0. The first-order valence-electron chi connectivity index (χ1n) is 8.89. The molecule has 0 spiro atoms. The molecule has 7 heteroatoms. The Labute approximate surface area is 151 Å². The fraction of sp³-hybridized carbons (Fsp3) is 0.526. The average Bonchev–Trinajstić information content (AvgIpc) is 2.60. The molecule has 4 nitrogen and oxygen atoms in total. The molecule has 1 aliphatic rings. The van der Waals surface area contributed by atoms with Crippen molar-refractivity contribution in [3.8, 4) is 0 Å². The molecule has 0 N–H and O–H groups in total. The van der Waals surface area contributed by atoms with E-state index in [9.17, 15) is 13.2 Å². The van der Waals surface area contributed by atoms with E-state index >= 15 is 0 Å². The van der Waals surface area contributed by atoms with Crippen LogP contribution in [0, 0.1) is 0 Å². The summed E-state index contributed by atoms with van der Waals surface area (Å²) in [5.74, 6) is 0. The molecule has 0 atom stereocenters. The van der Waals surface area contributed by atoms with Crippen LogP contribution in [0.1, 0.15) is 19.4 Å². The summed E-state index contributed by atoms with van der Waals surface area (Å²) in [4.78, 5) is 8.70. The first-order valence-corrected chi connectivity index (χ1v) is 8.89. The van der Waals surface area contributed by atoms with Crippen LogP contribution in [-0.4, -0.2) is 55.3 Å². The van der Waals surface area contributed by atoms with Gasteiger partial charge in [-0.2, -0.15) is 13.2 Å². The molecule has 0 radical (unpaired) electrons. The number of rotatable bonds is 5. The van der Waals surface area contributed by atoms with Gasteiger partial charge in [-0.25, -0.2) is 0 Å². The van der Waals surface area contributed by atoms with E-state index in [1.165, 1.54) is 6.07 Å². The Balaban J connectivity index is 1.69. The van der Waals surface area contributed by atoms with E-state index in [4.69, 9.17) is 4.74 Å². The minimum absolute atomic E-state index is 0.237. The maximum Gasteiger partial charge on any atom is 0.416 e. The zero-order valence-corrected chi connectivity index (χ0v) is 15.1. The van der Waals surface area contributed by atoms with Crippen LogP contribution in [-0.2, 0) is 10.9 Å². The topological polar surface area (TPSA) is 28.6 Å². The van der Waals surface area contributed by atoms with E-state index in [0.717, 1.165) is 62.5 Å². The van der Waals surface area contributed by atoms with Crippen LogP contribution in [0.2, 0.25) is 0 Å². The molecule has 1 saturated heterocycles. The smallest absolute Gasteiger partial charge is 0.377 e. The van der Waals surface area contributed by atoms with Crippen molar-refractivity contribution in [2.45, 2.75) is 26.1 Å². The molecule has 0 bridgehead atoms. The van der Waals surface area contributed by atoms with Gasteiger partial charge >= 0.3 is 6.18 Å². The normalized spacial score (nSPS) is 16.6. The van der Waals surface area contributed by atoms with Crippen molar-refractivity contribution in [2.75, 3.05) is 44.2 Å². The number of aromatic nitrogens is 1. The van der Waals surface area contributed by atoms with Gasteiger partial charge in [-0.05, 0) is 32.0 Å². The molecule has 3 rings (SSSR count). The van der Waals surface area contributed by atoms with E-state index in [-0.39, 0.29) is 6.10 Å². The highest BCUT2D eigenvalue weighted by Crippen LogP contribution is 2.33. The van der Waals surface area contributed by atoms with E-state index < -0.39 is 11.7 Å². The zero-order chi connectivity index (χ0) is 18.7. The van der Waals surface area contributed by atoms with Crippen LogP contribution >= 0.6 is 0 Å². The fourth-order valence-electron chi connectivity index (χ4n) is 3.21. The van der Waals surface area contributed by atoms with Crippen molar-refractivity contribution < 1.29 is 17.9 Å². The Bertz CT molecular complexity index is 740. The lowest BCUT2D eigenvalue weighted by atomic mass is 10.1. The third-order valence-electron chi connectivity index (χ3n) is 4.62. The summed E-state index contributed by atoms with van der Waals surface area (Å²) in [6.07, 6.45) is -2.53. The first kappa shape index (κ1) is 18.9. The van der Waals surface area contributed by atoms with Gasteiger partial charge < -0.3 is 9.64 Å². The summed E-state index contributed by atoms with van der Waals surface area (Å²) in [5.41, 5.74) is 0.663. The largest absolute Gasteiger partial charge is 0.416 e. The van der Waals surface area contributed by atoms with Crippen molar-refractivity contribution in [3.05, 3.63) is 36.0 Å². The number of hydrogen-bond donors (Lipinski definition) is 0. The monoisotopic (exact) mass is 367 g/mol. The zero-order valence-electron chi connectivity index (χ0n) is 15.1. The van der Waals surface area contributed by atoms with Crippen LogP contribution in [0.3, 0.4) is 0 Å². The second kappa shape index (κ2) is 7.80. The lowest BCUT2D eigenvalue weighted by molar-refractivity contribution is -0.137. The second-order valence-electron chi connectivity index (χ2n) is 6.81. The van der Waals surface area contributed by atoms with Gasteiger partial charge in [-0.1, -0.05) is 6.07 Å². The van der Waals surface area contributed by atoms with Crippen LogP contribution in [0.25, 0.3) is 10.9 Å². The maximum absolute atomic E-state index is 12.9. The predicted octanol–water partition coefficient (Wildman–Crippen LogP) is 3.80. The summed E-state index contributed by atoms with van der Waals surface area (Å²) in [6, 6.07) is 5.67. The molecule has 0 unspecified atom stereocenters. The first-order chi connectivity index (χ1) is 12.3. The number of pyridine rings is 1. The second-order valence-corrected chi connectivity index (χ2v) is 6.81. The summed E-state index contributed by atoms with van der Waals surface area (Å²) in [5, 5.41) is 0.761. The lowest BCUT2D eigenvalue weighted by Gasteiger charge is -2.36. The SMILES string of the molecule is CC(C)OCCN1CCN(c2ccnc3cc(C(F)(F)F)ccc23)CC1. The highest BCUT2D eigenvalue weighted by Gasteiger charge is 2.31.